The van der Waals surface area contributed by atoms with Gasteiger partial charge in [-0.05, 0) is 34.7 Å². The predicted octanol–water partition coefficient (Wildman–Crippen LogP) is 3.44. The third-order valence-corrected chi connectivity index (χ3v) is 3.51. The normalized spacial score (nSPS) is 11.5. The Balaban J connectivity index is 2.25. The monoisotopic (exact) mass is 396 g/mol. The zero-order valence-corrected chi connectivity index (χ0v) is 13.4. The average molecular weight is 396 g/mol. The smallest absolute Gasteiger partial charge is 0.308 e. The number of hydrogen-bond donors (Lipinski definition) is 0. The molecule has 0 saturated heterocycles. The number of carbonyl (C=O) groups excluding carboxylic acids is 2. The van der Waals surface area contributed by atoms with E-state index in [0.29, 0.717) is 11.3 Å². The van der Waals surface area contributed by atoms with Gasteiger partial charge in [-0.2, -0.15) is 0 Å². The Morgan fingerprint density at radius 2 is 1.62 bits per heavy atom. The molecule has 21 heavy (non-hydrogen) atoms. The molecule has 0 aliphatic rings. The quantitative estimate of drug-likeness (QED) is 0.336. The van der Waals surface area contributed by atoms with E-state index in [0.717, 1.165) is 3.57 Å². The van der Waals surface area contributed by atoms with Gasteiger partial charge in [-0.25, -0.2) is 0 Å². The van der Waals surface area contributed by atoms with E-state index >= 15 is 0 Å². The first-order valence-electron chi connectivity index (χ1n) is 6.25. The lowest BCUT2D eigenvalue weighted by Gasteiger charge is -2.18. The lowest BCUT2D eigenvalue weighted by Crippen LogP contribution is -2.32. The van der Waals surface area contributed by atoms with E-state index in [4.69, 9.17) is 9.47 Å². The molecular weight excluding hydrogens is 383 g/mol. The first kappa shape index (κ1) is 15.5. The fraction of sp³-hybridized carbons (Fsp3) is 0.125. The summed E-state index contributed by atoms with van der Waals surface area (Å²) in [6.45, 7) is 1.24. The third kappa shape index (κ3) is 4.29. The van der Waals surface area contributed by atoms with Gasteiger partial charge in [0, 0.05) is 12.5 Å². The summed E-state index contributed by atoms with van der Waals surface area (Å²) in [5, 5.41) is 0. The number of para-hydroxylation sites is 1. The fourth-order valence-corrected chi connectivity index (χ4v) is 2.19. The Kier molecular flexibility index (Phi) is 5.32. The molecule has 4 nitrogen and oxygen atoms in total. The van der Waals surface area contributed by atoms with Gasteiger partial charge in [0.1, 0.15) is 5.75 Å². The molecule has 108 valence electrons. The second-order valence-electron chi connectivity index (χ2n) is 4.22. The van der Waals surface area contributed by atoms with Crippen molar-refractivity contribution in [2.24, 2.45) is 0 Å². The topological polar surface area (TPSA) is 52.6 Å². The summed E-state index contributed by atoms with van der Waals surface area (Å²) in [6.07, 6.45) is -1.29. The zero-order chi connectivity index (χ0) is 15.2. The van der Waals surface area contributed by atoms with Crippen LogP contribution in [0.25, 0.3) is 0 Å². The molecule has 0 fully saturated rings. The lowest BCUT2D eigenvalue weighted by molar-refractivity contribution is -0.155. The van der Waals surface area contributed by atoms with Crippen LogP contribution >= 0.6 is 22.6 Å². The largest absolute Gasteiger partial charge is 0.446 e. The zero-order valence-electron chi connectivity index (χ0n) is 11.3. The molecule has 2 rings (SSSR count). The highest BCUT2D eigenvalue weighted by atomic mass is 127. The molecule has 0 aliphatic heterocycles. The number of halogens is 1. The van der Waals surface area contributed by atoms with Crippen LogP contribution in [0.2, 0.25) is 0 Å². The Labute approximate surface area is 136 Å². The van der Waals surface area contributed by atoms with Gasteiger partial charge < -0.3 is 9.47 Å². The minimum absolute atomic E-state index is 0.398. The molecule has 0 aromatic heterocycles. The van der Waals surface area contributed by atoms with Gasteiger partial charge >= 0.3 is 12.3 Å². The highest BCUT2D eigenvalue weighted by molar-refractivity contribution is 14.1. The van der Waals surface area contributed by atoms with Crippen molar-refractivity contribution in [2.75, 3.05) is 0 Å². The van der Waals surface area contributed by atoms with Gasteiger partial charge in [0.2, 0.25) is 5.78 Å². The van der Waals surface area contributed by atoms with Gasteiger partial charge in [0.05, 0.1) is 3.57 Å². The van der Waals surface area contributed by atoms with E-state index in [2.05, 4.69) is 22.6 Å². The van der Waals surface area contributed by atoms with Crippen molar-refractivity contribution < 1.29 is 19.1 Å². The molecule has 0 amide bonds. The summed E-state index contributed by atoms with van der Waals surface area (Å²) in [7, 11) is 0. The van der Waals surface area contributed by atoms with Gasteiger partial charge in [-0.3, -0.25) is 9.59 Å². The Morgan fingerprint density at radius 1 is 1.00 bits per heavy atom. The maximum Gasteiger partial charge on any atom is 0.308 e. The van der Waals surface area contributed by atoms with Crippen LogP contribution in [0.4, 0.5) is 0 Å². The minimum atomic E-state index is -1.29. The van der Waals surface area contributed by atoms with Gasteiger partial charge in [0.25, 0.3) is 0 Å². The minimum Gasteiger partial charge on any atom is -0.446 e. The summed E-state index contributed by atoms with van der Waals surface area (Å²) in [5.74, 6) is -0.477. The second-order valence-corrected chi connectivity index (χ2v) is 5.38. The van der Waals surface area contributed by atoms with E-state index < -0.39 is 18.0 Å². The molecule has 5 heteroatoms. The molecule has 0 N–H and O–H groups in total. The van der Waals surface area contributed by atoms with Crippen molar-refractivity contribution in [3.8, 4) is 5.75 Å². The number of ketones is 1. The first-order valence-corrected chi connectivity index (χ1v) is 7.33. The van der Waals surface area contributed by atoms with Crippen LogP contribution in [-0.4, -0.2) is 18.0 Å². The van der Waals surface area contributed by atoms with E-state index in [1.165, 1.54) is 6.92 Å². The van der Waals surface area contributed by atoms with Crippen molar-refractivity contribution in [2.45, 2.75) is 13.2 Å². The Hall–Kier alpha value is -1.89. The molecule has 2 aromatic carbocycles. The summed E-state index contributed by atoms with van der Waals surface area (Å²) in [4.78, 5) is 23.6. The molecule has 0 bridgehead atoms. The number of Topliss-reactive ketones (excluding diaryl/α,β-unsaturated/α-hetero) is 1. The van der Waals surface area contributed by atoms with Crippen LogP contribution < -0.4 is 4.74 Å². The molecule has 0 heterocycles. The third-order valence-electron chi connectivity index (χ3n) is 2.62. The molecule has 0 radical (unpaired) electrons. The maximum absolute atomic E-state index is 12.4. The van der Waals surface area contributed by atoms with Crippen LogP contribution in [-0.2, 0) is 9.53 Å². The number of carbonyl (C=O) groups is 2. The lowest BCUT2D eigenvalue weighted by atomic mass is 10.1. The molecule has 1 unspecified atom stereocenters. The number of ether oxygens (including phenoxy) is 2. The molecule has 0 spiro atoms. The van der Waals surface area contributed by atoms with Crippen LogP contribution in [0.15, 0.2) is 54.6 Å². The fourth-order valence-electron chi connectivity index (χ4n) is 1.68. The average Bonchev–Trinajstić information content (AvgIpc) is 2.48. The summed E-state index contributed by atoms with van der Waals surface area (Å²) >= 11 is 2.09. The van der Waals surface area contributed by atoms with Crippen molar-refractivity contribution in [1.82, 2.24) is 0 Å². The van der Waals surface area contributed by atoms with Crippen LogP contribution in [0, 0.1) is 3.57 Å². The van der Waals surface area contributed by atoms with E-state index in [-0.39, 0.29) is 0 Å². The predicted molar refractivity (Wildman–Crippen MR) is 86.1 cm³/mol. The van der Waals surface area contributed by atoms with E-state index in [9.17, 15) is 9.59 Å². The SMILES string of the molecule is CC(=O)OC(Oc1ccccc1I)C(=O)c1ccccc1. The van der Waals surface area contributed by atoms with E-state index in [1.807, 2.05) is 12.1 Å². The van der Waals surface area contributed by atoms with Crippen molar-refractivity contribution in [1.29, 1.82) is 0 Å². The molecule has 2 aromatic rings. The van der Waals surface area contributed by atoms with Crippen LogP contribution in [0.5, 0.6) is 5.75 Å². The maximum atomic E-state index is 12.4. The first-order chi connectivity index (χ1) is 10.1. The van der Waals surface area contributed by atoms with Crippen LogP contribution in [0.3, 0.4) is 0 Å². The van der Waals surface area contributed by atoms with Crippen molar-refractivity contribution >= 4 is 34.3 Å². The van der Waals surface area contributed by atoms with E-state index in [1.54, 1.807) is 42.5 Å². The Bertz CT molecular complexity index is 640. The molecular formula is C16H13IO4. The standard InChI is InChI=1S/C16H13IO4/c1-11(18)20-16(15(19)12-7-3-2-4-8-12)21-14-10-6-5-9-13(14)17/h2-10,16H,1H3. The molecule has 0 aliphatic carbocycles. The van der Waals surface area contributed by atoms with Crippen molar-refractivity contribution in [3.05, 3.63) is 63.7 Å². The summed E-state index contributed by atoms with van der Waals surface area (Å²) in [5.41, 5.74) is 0.426. The van der Waals surface area contributed by atoms with Gasteiger partial charge in [-0.15, -0.1) is 0 Å². The number of hydrogen-bond acceptors (Lipinski definition) is 4. The number of rotatable bonds is 5. The number of benzene rings is 2. The second kappa shape index (κ2) is 7.21. The van der Waals surface area contributed by atoms with Crippen molar-refractivity contribution in [3.63, 3.8) is 0 Å². The molecule has 0 saturated carbocycles. The van der Waals surface area contributed by atoms with Crippen LogP contribution in [0.1, 0.15) is 17.3 Å². The van der Waals surface area contributed by atoms with Gasteiger partial charge in [-0.1, -0.05) is 42.5 Å². The molecule has 1 atom stereocenters. The summed E-state index contributed by atoms with van der Waals surface area (Å²) in [6, 6.07) is 15.8. The van der Waals surface area contributed by atoms with Gasteiger partial charge in [0.15, 0.2) is 0 Å². The Morgan fingerprint density at radius 3 is 2.24 bits per heavy atom. The summed E-state index contributed by atoms with van der Waals surface area (Å²) < 4.78 is 11.4. The highest BCUT2D eigenvalue weighted by Gasteiger charge is 2.25. The number of esters is 1. The highest BCUT2D eigenvalue weighted by Crippen LogP contribution is 2.22.